The number of ether oxygens (including phenoxy) is 1. The van der Waals surface area contributed by atoms with Gasteiger partial charge in [0.25, 0.3) is 0 Å². The van der Waals surface area contributed by atoms with Crippen molar-refractivity contribution >= 4 is 29.4 Å². The summed E-state index contributed by atoms with van der Waals surface area (Å²) in [5.41, 5.74) is 0.757. The van der Waals surface area contributed by atoms with E-state index >= 15 is 0 Å². The number of rotatable bonds is 3. The van der Waals surface area contributed by atoms with Gasteiger partial charge in [-0.25, -0.2) is 0 Å². The summed E-state index contributed by atoms with van der Waals surface area (Å²) in [7, 11) is 0. The smallest absolute Gasteiger partial charge is 0.309 e. The highest BCUT2D eigenvalue weighted by atomic mass is 35.5. The average molecular weight is 366 g/mol. The lowest BCUT2D eigenvalue weighted by molar-refractivity contribution is -0.153. The van der Waals surface area contributed by atoms with Gasteiger partial charge in [-0.05, 0) is 30.5 Å². The van der Waals surface area contributed by atoms with Crippen LogP contribution in [0.2, 0.25) is 5.02 Å². The lowest BCUT2D eigenvalue weighted by Crippen LogP contribution is -2.33. The maximum Gasteiger partial charge on any atom is 0.309 e. The summed E-state index contributed by atoms with van der Waals surface area (Å²) in [6.45, 7) is -0.0635. The summed E-state index contributed by atoms with van der Waals surface area (Å²) in [5.74, 6) is -2.52. The first-order valence-electron chi connectivity index (χ1n) is 8.04. The highest BCUT2D eigenvalue weighted by molar-refractivity contribution is 6.30. The topological polar surface area (TPSA) is 92.7 Å². The molecule has 7 heteroatoms. The van der Waals surface area contributed by atoms with Crippen molar-refractivity contribution in [1.82, 2.24) is 5.32 Å². The number of hydrogen-bond donors (Lipinski definition) is 2. The van der Waals surface area contributed by atoms with Crippen molar-refractivity contribution in [3.63, 3.8) is 0 Å². The third-order valence-electron chi connectivity index (χ3n) is 3.88. The van der Waals surface area contributed by atoms with Gasteiger partial charge in [-0.1, -0.05) is 35.9 Å². The highest BCUT2D eigenvalue weighted by Gasteiger charge is 2.24. The number of halogens is 1. The number of benzene rings is 1. The fourth-order valence-corrected chi connectivity index (χ4v) is 2.66. The Bertz CT molecular complexity index is 656. The van der Waals surface area contributed by atoms with E-state index in [1.54, 1.807) is 36.4 Å². The second kappa shape index (κ2) is 9.22. The number of carbonyl (C=O) groups excluding carboxylic acids is 2. The van der Waals surface area contributed by atoms with Crippen LogP contribution in [0.3, 0.4) is 0 Å². The van der Waals surface area contributed by atoms with E-state index in [-0.39, 0.29) is 25.4 Å². The Morgan fingerprint density at radius 3 is 2.64 bits per heavy atom. The molecule has 0 fully saturated rings. The lowest BCUT2D eigenvalue weighted by atomic mass is 10.0. The van der Waals surface area contributed by atoms with Crippen LogP contribution in [0.4, 0.5) is 0 Å². The van der Waals surface area contributed by atoms with E-state index in [1.165, 1.54) is 0 Å². The molecule has 134 valence electrons. The van der Waals surface area contributed by atoms with Crippen LogP contribution in [0.5, 0.6) is 0 Å². The fourth-order valence-electron chi connectivity index (χ4n) is 2.53. The zero-order valence-corrected chi connectivity index (χ0v) is 14.4. The fraction of sp³-hybridized carbons (Fsp3) is 0.389. The van der Waals surface area contributed by atoms with Gasteiger partial charge in [-0.15, -0.1) is 0 Å². The summed E-state index contributed by atoms with van der Waals surface area (Å²) in [6.07, 6.45) is 4.31. The summed E-state index contributed by atoms with van der Waals surface area (Å²) in [5, 5.41) is 12.4. The first-order valence-corrected chi connectivity index (χ1v) is 8.41. The van der Waals surface area contributed by atoms with Crippen molar-refractivity contribution in [2.75, 3.05) is 6.61 Å². The lowest BCUT2D eigenvalue weighted by Gasteiger charge is -2.21. The largest absolute Gasteiger partial charge is 0.481 e. The molecule has 1 aromatic carbocycles. The van der Waals surface area contributed by atoms with Crippen molar-refractivity contribution in [3.8, 4) is 0 Å². The number of hydrogen-bond acceptors (Lipinski definition) is 4. The molecule has 1 amide bonds. The molecule has 0 spiro atoms. The highest BCUT2D eigenvalue weighted by Crippen LogP contribution is 2.20. The van der Waals surface area contributed by atoms with Crippen molar-refractivity contribution in [2.45, 2.75) is 31.7 Å². The molecular weight excluding hydrogens is 346 g/mol. The Morgan fingerprint density at radius 1 is 1.24 bits per heavy atom. The number of esters is 1. The van der Waals surface area contributed by atoms with Crippen molar-refractivity contribution in [1.29, 1.82) is 0 Å². The minimum absolute atomic E-state index is 0.0635. The SMILES string of the molecule is O=C(O)C[C@@H]1C/C=C\CCC(=O)N[C@H](c2ccc(Cl)cc2)COC1=O. The summed E-state index contributed by atoms with van der Waals surface area (Å²) in [6, 6.07) is 6.37. The standard InChI is InChI=1S/C18H20ClNO5/c19-14-8-6-12(7-9-14)15-11-25-18(24)13(10-17(22)23)4-2-1-3-5-16(21)20-15/h1-2,6-9,13,15H,3-5,10-11H2,(H,20,21)(H,22,23)/b2-1-/t13-,15-/m0/s1. The molecule has 2 rings (SSSR count). The van der Waals surface area contributed by atoms with Crippen LogP contribution < -0.4 is 5.32 Å². The van der Waals surface area contributed by atoms with Crippen molar-refractivity contribution in [3.05, 3.63) is 47.0 Å². The molecule has 1 aliphatic heterocycles. The Hall–Kier alpha value is -2.34. The molecule has 1 aliphatic rings. The quantitative estimate of drug-likeness (QED) is 0.634. The number of carbonyl (C=O) groups is 3. The number of carboxylic acid groups (broad SMARTS) is 1. The third kappa shape index (κ3) is 6.23. The third-order valence-corrected chi connectivity index (χ3v) is 4.13. The van der Waals surface area contributed by atoms with Gasteiger partial charge in [0.1, 0.15) is 6.61 Å². The van der Waals surface area contributed by atoms with E-state index < -0.39 is 23.9 Å². The predicted octanol–water partition coefficient (Wildman–Crippen LogP) is 2.87. The molecule has 0 bridgehead atoms. The molecule has 0 saturated carbocycles. The minimum Gasteiger partial charge on any atom is -0.481 e. The van der Waals surface area contributed by atoms with Gasteiger partial charge in [0.2, 0.25) is 5.91 Å². The van der Waals surface area contributed by atoms with E-state index in [9.17, 15) is 14.4 Å². The van der Waals surface area contributed by atoms with Crippen molar-refractivity contribution < 1.29 is 24.2 Å². The molecule has 0 radical (unpaired) electrons. The van der Waals surface area contributed by atoms with Crippen LogP contribution in [-0.4, -0.2) is 29.6 Å². The second-order valence-corrected chi connectivity index (χ2v) is 6.28. The molecule has 0 aliphatic carbocycles. The predicted molar refractivity (Wildman–Crippen MR) is 92.0 cm³/mol. The van der Waals surface area contributed by atoms with Gasteiger partial charge in [0.05, 0.1) is 18.4 Å². The normalized spacial score (nSPS) is 23.6. The Labute approximate surface area is 150 Å². The van der Waals surface area contributed by atoms with Crippen LogP contribution in [0.15, 0.2) is 36.4 Å². The number of amides is 1. The Morgan fingerprint density at radius 2 is 1.96 bits per heavy atom. The second-order valence-electron chi connectivity index (χ2n) is 5.84. The van der Waals surface area contributed by atoms with Gasteiger partial charge < -0.3 is 15.2 Å². The summed E-state index contributed by atoms with van der Waals surface area (Å²) >= 11 is 5.88. The van der Waals surface area contributed by atoms with Crippen LogP contribution in [0.1, 0.15) is 37.3 Å². The molecule has 0 aromatic heterocycles. The molecule has 1 heterocycles. The van der Waals surface area contributed by atoms with Crippen LogP contribution in [0, 0.1) is 5.92 Å². The molecule has 0 saturated heterocycles. The zero-order chi connectivity index (χ0) is 18.2. The van der Waals surface area contributed by atoms with Crippen LogP contribution in [-0.2, 0) is 19.1 Å². The number of allylic oxidation sites excluding steroid dienone is 2. The molecule has 25 heavy (non-hydrogen) atoms. The first-order chi connectivity index (χ1) is 12.0. The van der Waals surface area contributed by atoms with E-state index in [1.807, 2.05) is 0 Å². The number of aliphatic carboxylic acids is 1. The molecule has 0 unspecified atom stereocenters. The van der Waals surface area contributed by atoms with E-state index in [2.05, 4.69) is 5.32 Å². The van der Waals surface area contributed by atoms with Crippen molar-refractivity contribution in [2.24, 2.45) is 5.92 Å². The van der Waals surface area contributed by atoms with Crippen LogP contribution in [0.25, 0.3) is 0 Å². The molecule has 2 N–H and O–H groups in total. The molecular formula is C18H20ClNO5. The molecule has 1 aromatic rings. The number of carboxylic acids is 1. The van der Waals surface area contributed by atoms with Gasteiger partial charge in [-0.3, -0.25) is 14.4 Å². The zero-order valence-electron chi connectivity index (χ0n) is 13.6. The maximum absolute atomic E-state index is 12.2. The van der Waals surface area contributed by atoms with E-state index in [0.717, 1.165) is 5.56 Å². The Kier molecular flexibility index (Phi) is 7.01. The Balaban J connectivity index is 2.17. The van der Waals surface area contributed by atoms with Crippen LogP contribution >= 0.6 is 11.6 Å². The number of cyclic esters (lactones) is 1. The summed E-state index contributed by atoms with van der Waals surface area (Å²) in [4.78, 5) is 35.2. The van der Waals surface area contributed by atoms with Gasteiger partial charge in [-0.2, -0.15) is 0 Å². The van der Waals surface area contributed by atoms with E-state index in [4.69, 9.17) is 21.4 Å². The van der Waals surface area contributed by atoms with Gasteiger partial charge in [0.15, 0.2) is 0 Å². The summed E-state index contributed by atoms with van der Waals surface area (Å²) < 4.78 is 5.29. The van der Waals surface area contributed by atoms with Gasteiger partial charge >= 0.3 is 11.9 Å². The number of nitrogens with one attached hydrogen (secondary N) is 1. The minimum atomic E-state index is -1.05. The van der Waals surface area contributed by atoms with E-state index in [0.29, 0.717) is 17.9 Å². The van der Waals surface area contributed by atoms with Gasteiger partial charge in [0, 0.05) is 11.4 Å². The first kappa shape index (κ1) is 19.0. The average Bonchev–Trinajstić information content (AvgIpc) is 2.56. The molecule has 2 atom stereocenters. The monoisotopic (exact) mass is 365 g/mol. The maximum atomic E-state index is 12.2. The molecule has 6 nitrogen and oxygen atoms in total.